The average Bonchev–Trinajstić information content (AvgIpc) is 2.74. The Balaban J connectivity index is 1.86. The Morgan fingerprint density at radius 1 is 0.875 bits per heavy atom. The van der Waals surface area contributed by atoms with Gasteiger partial charge >= 0.3 is 12.1 Å². The topological polar surface area (TPSA) is 75.6 Å². The lowest BCUT2D eigenvalue weighted by Crippen LogP contribution is -2.19. The summed E-state index contributed by atoms with van der Waals surface area (Å²) in [6.07, 6.45) is -4.55. The molecule has 0 atom stereocenters. The third-order valence-electron chi connectivity index (χ3n) is 4.25. The van der Waals surface area contributed by atoms with Gasteiger partial charge in [-0.2, -0.15) is 13.2 Å². The van der Waals surface area contributed by atoms with E-state index in [1.54, 1.807) is 0 Å². The lowest BCUT2D eigenvalue weighted by atomic mass is 10.0. The molecule has 0 aromatic heterocycles. The number of ether oxygens (including phenoxy) is 1. The Morgan fingerprint density at radius 3 is 2.09 bits per heavy atom. The molecule has 3 rings (SSSR count). The molecule has 0 aliphatic rings. The van der Waals surface area contributed by atoms with E-state index in [0.717, 1.165) is 12.1 Å². The van der Waals surface area contributed by atoms with Crippen molar-refractivity contribution in [3.63, 3.8) is 0 Å². The number of anilines is 1. The number of hydrogen-bond acceptors (Lipinski definition) is 3. The van der Waals surface area contributed by atoms with Gasteiger partial charge in [-0.3, -0.25) is 4.79 Å². The van der Waals surface area contributed by atoms with E-state index in [1.807, 2.05) is 5.32 Å². The predicted molar refractivity (Wildman–Crippen MR) is 105 cm³/mol. The molecule has 0 heterocycles. The van der Waals surface area contributed by atoms with Gasteiger partial charge in [0.15, 0.2) is 6.61 Å². The van der Waals surface area contributed by atoms with Crippen LogP contribution in [0.4, 0.5) is 27.6 Å². The maximum Gasteiger partial charge on any atom is 0.422 e. The molecule has 166 valence electrons. The lowest BCUT2D eigenvalue weighted by Gasteiger charge is -2.13. The molecule has 0 bridgehead atoms. The third-order valence-corrected chi connectivity index (χ3v) is 4.25. The van der Waals surface area contributed by atoms with E-state index in [-0.39, 0.29) is 28.0 Å². The molecule has 0 fully saturated rings. The molecule has 0 unspecified atom stereocenters. The minimum atomic E-state index is -4.55. The maximum atomic E-state index is 14.6. The van der Waals surface area contributed by atoms with E-state index in [1.165, 1.54) is 48.5 Å². The van der Waals surface area contributed by atoms with Crippen LogP contribution in [0.3, 0.4) is 0 Å². The minimum Gasteiger partial charge on any atom is -0.484 e. The second-order valence-corrected chi connectivity index (χ2v) is 6.55. The van der Waals surface area contributed by atoms with Gasteiger partial charge in [0.2, 0.25) is 0 Å². The summed E-state index contributed by atoms with van der Waals surface area (Å²) in [5, 5.41) is 11.2. The third kappa shape index (κ3) is 5.39. The van der Waals surface area contributed by atoms with Crippen LogP contribution in [0.1, 0.15) is 20.7 Å². The number of carbonyl (C=O) groups is 2. The van der Waals surface area contributed by atoms with E-state index in [9.17, 15) is 31.5 Å². The van der Waals surface area contributed by atoms with Gasteiger partial charge in [-0.1, -0.05) is 24.3 Å². The van der Waals surface area contributed by atoms with Crippen LogP contribution in [0.2, 0.25) is 0 Å². The molecule has 0 radical (unpaired) electrons. The van der Waals surface area contributed by atoms with E-state index >= 15 is 0 Å². The highest BCUT2D eigenvalue weighted by molar-refractivity contribution is 6.10. The van der Waals surface area contributed by atoms with Gasteiger partial charge in [-0.05, 0) is 47.5 Å². The Bertz CT molecular complexity index is 1150. The molecule has 10 heteroatoms. The standard InChI is InChI=1S/C22H14F5NO4/c23-17-9-13(12-4-3-5-14(8-12)32-11-22(25,26)27)10-18(24)19(17)28-20(29)15-6-1-2-7-16(15)21(30)31/h1-10H,11H2,(H,28,29)(H,30,31). The van der Waals surface area contributed by atoms with Crippen LogP contribution < -0.4 is 10.1 Å². The smallest absolute Gasteiger partial charge is 0.422 e. The first-order valence-corrected chi connectivity index (χ1v) is 8.98. The van der Waals surface area contributed by atoms with Crippen LogP contribution in [0.5, 0.6) is 5.75 Å². The van der Waals surface area contributed by atoms with Gasteiger partial charge in [0.25, 0.3) is 5.91 Å². The Hall–Kier alpha value is -3.95. The van der Waals surface area contributed by atoms with Crippen molar-refractivity contribution in [1.82, 2.24) is 0 Å². The van der Waals surface area contributed by atoms with Crippen molar-refractivity contribution in [1.29, 1.82) is 0 Å². The normalized spacial score (nSPS) is 11.2. The number of carboxylic acids is 1. The Kier molecular flexibility index (Phi) is 6.42. The van der Waals surface area contributed by atoms with Crippen molar-refractivity contribution in [3.8, 4) is 16.9 Å². The highest BCUT2D eigenvalue weighted by atomic mass is 19.4. The number of alkyl halides is 3. The van der Waals surface area contributed by atoms with Crippen molar-refractivity contribution in [2.75, 3.05) is 11.9 Å². The summed E-state index contributed by atoms with van der Waals surface area (Å²) in [5.74, 6) is -4.90. The van der Waals surface area contributed by atoms with Crippen LogP contribution in [0.25, 0.3) is 11.1 Å². The van der Waals surface area contributed by atoms with Crippen LogP contribution in [-0.2, 0) is 0 Å². The minimum absolute atomic E-state index is 0.0126. The van der Waals surface area contributed by atoms with Gasteiger partial charge < -0.3 is 15.2 Å². The highest BCUT2D eigenvalue weighted by Crippen LogP contribution is 2.30. The SMILES string of the molecule is O=C(O)c1ccccc1C(=O)Nc1c(F)cc(-c2cccc(OCC(F)(F)F)c2)cc1F. The number of benzene rings is 3. The molecule has 0 saturated heterocycles. The average molecular weight is 451 g/mol. The molecule has 1 amide bonds. The van der Waals surface area contributed by atoms with E-state index < -0.39 is 42.0 Å². The second kappa shape index (κ2) is 9.04. The molecule has 32 heavy (non-hydrogen) atoms. The van der Waals surface area contributed by atoms with E-state index in [4.69, 9.17) is 5.11 Å². The molecule has 3 aromatic rings. The molecular weight excluding hydrogens is 437 g/mol. The second-order valence-electron chi connectivity index (χ2n) is 6.55. The van der Waals surface area contributed by atoms with Crippen molar-refractivity contribution < 1.29 is 41.4 Å². The number of halogens is 5. The Labute approximate surface area is 178 Å². The molecule has 0 spiro atoms. The van der Waals surface area contributed by atoms with Gasteiger partial charge in [0.05, 0.1) is 11.1 Å². The van der Waals surface area contributed by atoms with Crippen molar-refractivity contribution >= 4 is 17.6 Å². The molecule has 0 aliphatic carbocycles. The number of carbonyl (C=O) groups excluding carboxylic acids is 1. The molecule has 5 nitrogen and oxygen atoms in total. The highest BCUT2D eigenvalue weighted by Gasteiger charge is 2.28. The van der Waals surface area contributed by atoms with Gasteiger partial charge in [0.1, 0.15) is 23.1 Å². The maximum absolute atomic E-state index is 14.6. The number of amides is 1. The monoisotopic (exact) mass is 451 g/mol. The van der Waals surface area contributed by atoms with Crippen LogP contribution >= 0.6 is 0 Å². The summed E-state index contributed by atoms with van der Waals surface area (Å²) in [7, 11) is 0. The summed E-state index contributed by atoms with van der Waals surface area (Å²) in [4.78, 5) is 23.6. The first-order valence-electron chi connectivity index (χ1n) is 8.98. The van der Waals surface area contributed by atoms with Crippen molar-refractivity contribution in [2.24, 2.45) is 0 Å². The first-order chi connectivity index (χ1) is 15.0. The summed E-state index contributed by atoms with van der Waals surface area (Å²) in [6.45, 7) is -1.53. The lowest BCUT2D eigenvalue weighted by molar-refractivity contribution is -0.153. The number of aromatic carboxylic acids is 1. The summed E-state index contributed by atoms with van der Waals surface area (Å²) < 4.78 is 70.8. The fraction of sp³-hybridized carbons (Fsp3) is 0.0909. The number of hydrogen-bond donors (Lipinski definition) is 2. The zero-order chi connectivity index (χ0) is 23.5. The quantitative estimate of drug-likeness (QED) is 0.484. The molecule has 0 saturated carbocycles. The van der Waals surface area contributed by atoms with Crippen LogP contribution in [-0.4, -0.2) is 29.8 Å². The summed E-state index contributed by atoms with van der Waals surface area (Å²) >= 11 is 0. The van der Waals surface area contributed by atoms with E-state index in [0.29, 0.717) is 0 Å². The number of carboxylic acid groups (broad SMARTS) is 1. The fourth-order valence-electron chi connectivity index (χ4n) is 2.84. The van der Waals surface area contributed by atoms with Crippen LogP contribution in [0, 0.1) is 11.6 Å². The zero-order valence-electron chi connectivity index (χ0n) is 16.0. The van der Waals surface area contributed by atoms with Crippen molar-refractivity contribution in [2.45, 2.75) is 6.18 Å². The molecule has 0 aliphatic heterocycles. The van der Waals surface area contributed by atoms with Gasteiger partial charge in [-0.15, -0.1) is 0 Å². The first kappa shape index (κ1) is 22.7. The Morgan fingerprint density at radius 2 is 1.50 bits per heavy atom. The number of rotatable bonds is 6. The molecule has 2 N–H and O–H groups in total. The predicted octanol–water partition coefficient (Wildman–Crippen LogP) is 5.52. The summed E-state index contributed by atoms with van der Waals surface area (Å²) in [6, 6.07) is 12.1. The largest absolute Gasteiger partial charge is 0.484 e. The number of nitrogens with one attached hydrogen (secondary N) is 1. The molecule has 3 aromatic carbocycles. The van der Waals surface area contributed by atoms with Gasteiger partial charge in [-0.25, -0.2) is 13.6 Å². The summed E-state index contributed by atoms with van der Waals surface area (Å²) in [5.41, 5.74) is -1.28. The fourth-order valence-corrected chi connectivity index (χ4v) is 2.84. The van der Waals surface area contributed by atoms with Gasteiger partial charge in [0, 0.05) is 0 Å². The molecular formula is C22H14F5NO4. The van der Waals surface area contributed by atoms with Crippen LogP contribution in [0.15, 0.2) is 60.7 Å². The zero-order valence-corrected chi connectivity index (χ0v) is 16.0. The van der Waals surface area contributed by atoms with E-state index in [2.05, 4.69) is 4.74 Å². The van der Waals surface area contributed by atoms with Crippen molar-refractivity contribution in [3.05, 3.63) is 83.4 Å².